The van der Waals surface area contributed by atoms with Crippen LogP contribution >= 0.6 is 15.9 Å². The summed E-state index contributed by atoms with van der Waals surface area (Å²) in [5, 5.41) is 15.1. The summed E-state index contributed by atoms with van der Waals surface area (Å²) in [6, 6.07) is 28.9. The highest BCUT2D eigenvalue weighted by atomic mass is 79.9. The molecule has 0 aliphatic rings. The molecule has 4 aromatic carbocycles. The van der Waals surface area contributed by atoms with Crippen molar-refractivity contribution in [1.29, 1.82) is 0 Å². The quantitative estimate of drug-likeness (QED) is 0.170. The van der Waals surface area contributed by atoms with Crippen LogP contribution in [-0.4, -0.2) is 29.5 Å². The molecule has 0 saturated heterocycles. The van der Waals surface area contributed by atoms with Crippen LogP contribution in [0.3, 0.4) is 0 Å². The second-order valence-electron chi connectivity index (χ2n) is 10.9. The van der Waals surface area contributed by atoms with E-state index in [4.69, 9.17) is 4.74 Å². The molecule has 4 aromatic rings. The second-order valence-corrected chi connectivity index (χ2v) is 11.8. The molecule has 1 unspecified atom stereocenters. The average molecular weight is 630 g/mol. The number of hydrogen-bond acceptors (Lipinski definition) is 4. The predicted molar refractivity (Wildman–Crippen MR) is 168 cm³/mol. The Morgan fingerprint density at radius 2 is 1.50 bits per heavy atom. The van der Waals surface area contributed by atoms with Crippen molar-refractivity contribution >= 4 is 39.4 Å². The maximum atomic E-state index is 13.4. The van der Waals surface area contributed by atoms with Crippen LogP contribution in [0.25, 0.3) is 11.1 Å². The van der Waals surface area contributed by atoms with Gasteiger partial charge < -0.3 is 20.5 Å². The van der Waals surface area contributed by atoms with Crippen LogP contribution in [0.2, 0.25) is 0 Å². The van der Waals surface area contributed by atoms with Crippen LogP contribution in [0.15, 0.2) is 102 Å². The lowest BCUT2D eigenvalue weighted by Gasteiger charge is -2.20. The fourth-order valence-corrected chi connectivity index (χ4v) is 4.77. The van der Waals surface area contributed by atoms with Crippen molar-refractivity contribution in [3.8, 4) is 16.9 Å². The highest BCUT2D eigenvalue weighted by Crippen LogP contribution is 2.27. The normalized spacial score (nSPS) is 11.8. The standard InChI is InChI=1S/C34H33BrN2O5/c1-34(2,3)25-13-16-27(17-14-25)42-21-31(38)36-30-19-26(35)15-18-28(30)33(41)37-29(20-32(39)40)24-11-9-23(10-12-24)22-7-5-4-6-8-22/h4-19,29H,20-21H2,1-3H3,(H,36,38)(H,37,41)(H,39,40). The van der Waals surface area contributed by atoms with Gasteiger partial charge in [-0.3, -0.25) is 14.4 Å². The third kappa shape index (κ3) is 8.30. The van der Waals surface area contributed by atoms with Crippen LogP contribution in [0.5, 0.6) is 5.75 Å². The number of halogens is 1. The Labute approximate surface area is 254 Å². The molecular formula is C34H33BrN2O5. The molecule has 3 N–H and O–H groups in total. The van der Waals surface area contributed by atoms with E-state index in [9.17, 15) is 19.5 Å². The van der Waals surface area contributed by atoms with Crippen LogP contribution in [0, 0.1) is 0 Å². The number of benzene rings is 4. The summed E-state index contributed by atoms with van der Waals surface area (Å²) >= 11 is 3.39. The average Bonchev–Trinajstić information content (AvgIpc) is 2.96. The Balaban J connectivity index is 1.46. The van der Waals surface area contributed by atoms with Gasteiger partial charge in [0.1, 0.15) is 5.75 Å². The van der Waals surface area contributed by atoms with Gasteiger partial charge in [0.15, 0.2) is 6.61 Å². The minimum Gasteiger partial charge on any atom is -0.484 e. The van der Waals surface area contributed by atoms with E-state index in [-0.39, 0.29) is 29.7 Å². The van der Waals surface area contributed by atoms with Gasteiger partial charge in [-0.25, -0.2) is 0 Å². The van der Waals surface area contributed by atoms with Crippen molar-refractivity contribution in [2.24, 2.45) is 0 Å². The van der Waals surface area contributed by atoms with Gasteiger partial charge in [-0.15, -0.1) is 0 Å². The Bertz CT molecular complexity index is 1550. The molecule has 0 spiro atoms. The number of aliphatic carboxylic acids is 1. The molecule has 1 atom stereocenters. The number of amides is 2. The van der Waals surface area contributed by atoms with Crippen LogP contribution < -0.4 is 15.4 Å². The van der Waals surface area contributed by atoms with Gasteiger partial charge in [-0.05, 0) is 58.0 Å². The summed E-state index contributed by atoms with van der Waals surface area (Å²) in [5.74, 6) is -1.46. The lowest BCUT2D eigenvalue weighted by Crippen LogP contribution is -2.31. The summed E-state index contributed by atoms with van der Waals surface area (Å²) in [6.07, 6.45) is -0.309. The Hall–Kier alpha value is -4.43. The maximum Gasteiger partial charge on any atom is 0.305 e. The van der Waals surface area contributed by atoms with Gasteiger partial charge in [0.05, 0.1) is 23.7 Å². The number of carbonyl (C=O) groups is 3. The van der Waals surface area contributed by atoms with Crippen molar-refractivity contribution in [2.45, 2.75) is 38.6 Å². The topological polar surface area (TPSA) is 105 Å². The lowest BCUT2D eigenvalue weighted by atomic mass is 9.87. The first-order valence-corrected chi connectivity index (χ1v) is 14.3. The minimum atomic E-state index is -1.05. The van der Waals surface area contributed by atoms with Crippen molar-refractivity contribution < 1.29 is 24.2 Å². The summed E-state index contributed by atoms with van der Waals surface area (Å²) in [7, 11) is 0. The van der Waals surface area contributed by atoms with E-state index in [1.807, 2.05) is 78.9 Å². The number of carboxylic acids is 1. The van der Waals surface area contributed by atoms with Gasteiger partial charge in [0.25, 0.3) is 11.8 Å². The molecule has 42 heavy (non-hydrogen) atoms. The SMILES string of the molecule is CC(C)(C)c1ccc(OCC(=O)Nc2cc(Br)ccc2C(=O)NC(CC(=O)O)c2ccc(-c3ccccc3)cc2)cc1. The zero-order chi connectivity index (χ0) is 30.3. The third-order valence-corrected chi connectivity index (χ3v) is 7.19. The van der Waals surface area contributed by atoms with Gasteiger partial charge in [-0.1, -0.05) is 103 Å². The first kappa shape index (κ1) is 30.5. The monoisotopic (exact) mass is 628 g/mol. The van der Waals surface area contributed by atoms with Crippen LogP contribution in [0.4, 0.5) is 5.69 Å². The van der Waals surface area contributed by atoms with E-state index in [2.05, 4.69) is 47.3 Å². The second kappa shape index (κ2) is 13.5. The molecule has 216 valence electrons. The van der Waals surface area contributed by atoms with Crippen LogP contribution in [-0.2, 0) is 15.0 Å². The van der Waals surface area contributed by atoms with E-state index >= 15 is 0 Å². The number of anilines is 1. The van der Waals surface area contributed by atoms with Crippen molar-refractivity contribution in [3.63, 3.8) is 0 Å². The zero-order valence-corrected chi connectivity index (χ0v) is 25.3. The summed E-state index contributed by atoms with van der Waals surface area (Å²) in [6.45, 7) is 6.10. The van der Waals surface area contributed by atoms with E-state index in [1.54, 1.807) is 18.2 Å². The molecule has 0 radical (unpaired) electrons. The Morgan fingerprint density at radius 1 is 0.857 bits per heavy atom. The number of hydrogen-bond donors (Lipinski definition) is 3. The first-order chi connectivity index (χ1) is 20.0. The zero-order valence-electron chi connectivity index (χ0n) is 23.7. The number of ether oxygens (including phenoxy) is 1. The first-order valence-electron chi connectivity index (χ1n) is 13.5. The third-order valence-electron chi connectivity index (χ3n) is 6.69. The van der Waals surface area contributed by atoms with Crippen LogP contribution in [0.1, 0.15) is 54.7 Å². The highest BCUT2D eigenvalue weighted by molar-refractivity contribution is 9.10. The number of nitrogens with one attached hydrogen (secondary N) is 2. The molecule has 8 heteroatoms. The summed E-state index contributed by atoms with van der Waals surface area (Å²) in [5.41, 5.74) is 4.28. The molecular weight excluding hydrogens is 596 g/mol. The van der Waals surface area contributed by atoms with E-state index < -0.39 is 23.8 Å². The smallest absolute Gasteiger partial charge is 0.305 e. The molecule has 0 aromatic heterocycles. The molecule has 0 saturated carbocycles. The molecule has 4 rings (SSSR count). The molecule has 0 bridgehead atoms. The lowest BCUT2D eigenvalue weighted by molar-refractivity contribution is -0.137. The van der Waals surface area contributed by atoms with E-state index in [0.29, 0.717) is 15.8 Å². The fourth-order valence-electron chi connectivity index (χ4n) is 4.41. The van der Waals surface area contributed by atoms with E-state index in [1.165, 1.54) is 0 Å². The Morgan fingerprint density at radius 3 is 2.12 bits per heavy atom. The van der Waals surface area contributed by atoms with Crippen molar-refractivity contribution in [3.05, 3.63) is 118 Å². The summed E-state index contributed by atoms with van der Waals surface area (Å²) < 4.78 is 6.32. The molecule has 7 nitrogen and oxygen atoms in total. The maximum absolute atomic E-state index is 13.4. The molecule has 0 heterocycles. The molecule has 0 aliphatic heterocycles. The Kier molecular flexibility index (Phi) is 9.80. The highest BCUT2D eigenvalue weighted by Gasteiger charge is 2.22. The summed E-state index contributed by atoms with van der Waals surface area (Å²) in [4.78, 5) is 37.9. The predicted octanol–water partition coefficient (Wildman–Crippen LogP) is 7.38. The van der Waals surface area contributed by atoms with E-state index in [0.717, 1.165) is 16.7 Å². The molecule has 0 aliphatic carbocycles. The number of rotatable bonds is 10. The van der Waals surface area contributed by atoms with Gasteiger partial charge in [-0.2, -0.15) is 0 Å². The van der Waals surface area contributed by atoms with Crippen molar-refractivity contribution in [2.75, 3.05) is 11.9 Å². The molecule has 0 fully saturated rings. The number of carbonyl (C=O) groups excluding carboxylic acids is 2. The molecule has 2 amide bonds. The largest absolute Gasteiger partial charge is 0.484 e. The van der Waals surface area contributed by atoms with Gasteiger partial charge in [0.2, 0.25) is 0 Å². The van der Waals surface area contributed by atoms with Crippen molar-refractivity contribution in [1.82, 2.24) is 5.32 Å². The van der Waals surface area contributed by atoms with Gasteiger partial charge in [0, 0.05) is 4.47 Å². The van der Waals surface area contributed by atoms with Gasteiger partial charge >= 0.3 is 5.97 Å². The minimum absolute atomic E-state index is 0.00264. The fraction of sp³-hybridized carbons (Fsp3) is 0.206. The number of carboxylic acid groups (broad SMARTS) is 1.